The summed E-state index contributed by atoms with van der Waals surface area (Å²) < 4.78 is 57.8. The Labute approximate surface area is 93.6 Å². The summed E-state index contributed by atoms with van der Waals surface area (Å²) in [7, 11) is 0. The molecule has 1 heterocycles. The first-order valence-electron chi connectivity index (χ1n) is 4.67. The second kappa shape index (κ2) is 3.85. The maximum absolute atomic E-state index is 13.7. The number of benzene rings is 1. The molecule has 1 aromatic rings. The summed E-state index contributed by atoms with van der Waals surface area (Å²) in [4.78, 5) is 0. The Morgan fingerprint density at radius 1 is 1.29 bits per heavy atom. The zero-order valence-electron chi connectivity index (χ0n) is 8.42. The molecule has 17 heavy (non-hydrogen) atoms. The molecule has 1 aromatic carbocycles. The highest BCUT2D eigenvalue weighted by Crippen LogP contribution is 2.35. The molecule has 0 spiro atoms. The Bertz CT molecular complexity index is 426. The molecule has 0 amide bonds. The summed E-state index contributed by atoms with van der Waals surface area (Å²) in [5, 5.41) is 9.78. The van der Waals surface area contributed by atoms with Crippen molar-refractivity contribution >= 4 is 0 Å². The quantitative estimate of drug-likeness (QED) is 0.817. The van der Waals surface area contributed by atoms with Crippen LogP contribution in [0.15, 0.2) is 18.2 Å². The molecule has 7 heteroatoms. The topological polar surface area (TPSA) is 38.7 Å². The molecule has 0 radical (unpaired) electrons. The van der Waals surface area contributed by atoms with Gasteiger partial charge in [0.05, 0.1) is 13.2 Å². The molecule has 0 bridgehead atoms. The fourth-order valence-corrected chi connectivity index (χ4v) is 1.52. The Balaban J connectivity index is 2.33. The van der Waals surface area contributed by atoms with Crippen LogP contribution >= 0.6 is 0 Å². The van der Waals surface area contributed by atoms with Crippen molar-refractivity contribution in [3.05, 3.63) is 29.6 Å². The van der Waals surface area contributed by atoms with E-state index in [0.717, 1.165) is 6.07 Å². The summed E-state index contributed by atoms with van der Waals surface area (Å²) >= 11 is 0. The molecule has 1 aliphatic heterocycles. The average Bonchev–Trinajstić information content (AvgIpc) is 2.16. The highest BCUT2D eigenvalue weighted by molar-refractivity contribution is 5.36. The minimum absolute atomic E-state index is 0.153. The predicted molar refractivity (Wildman–Crippen MR) is 47.8 cm³/mol. The van der Waals surface area contributed by atoms with Gasteiger partial charge in [-0.25, -0.2) is 4.39 Å². The second-order valence-corrected chi connectivity index (χ2v) is 3.69. The maximum Gasteiger partial charge on any atom is 0.573 e. The highest BCUT2D eigenvalue weighted by atomic mass is 19.4. The molecule has 3 nitrogen and oxygen atoms in total. The van der Waals surface area contributed by atoms with Gasteiger partial charge in [-0.05, 0) is 6.07 Å². The van der Waals surface area contributed by atoms with Crippen molar-refractivity contribution < 1.29 is 32.1 Å². The van der Waals surface area contributed by atoms with E-state index in [1.54, 1.807) is 0 Å². The lowest BCUT2D eigenvalue weighted by molar-refractivity contribution is -0.275. The lowest BCUT2D eigenvalue weighted by Gasteiger charge is -2.37. The SMILES string of the molecule is OC1(c2cccc(OC(F)(F)F)c2F)COC1. The van der Waals surface area contributed by atoms with E-state index >= 15 is 0 Å². The Morgan fingerprint density at radius 2 is 1.94 bits per heavy atom. The van der Waals surface area contributed by atoms with Gasteiger partial charge >= 0.3 is 6.36 Å². The van der Waals surface area contributed by atoms with E-state index in [9.17, 15) is 22.7 Å². The van der Waals surface area contributed by atoms with Gasteiger partial charge in [-0.15, -0.1) is 13.2 Å². The summed E-state index contributed by atoms with van der Waals surface area (Å²) in [5.41, 5.74) is -1.83. The van der Waals surface area contributed by atoms with Crippen LogP contribution < -0.4 is 4.74 Å². The molecular formula is C10H8F4O3. The molecule has 1 fully saturated rings. The van der Waals surface area contributed by atoms with Gasteiger partial charge in [0, 0.05) is 5.56 Å². The van der Waals surface area contributed by atoms with Gasteiger partial charge < -0.3 is 14.6 Å². The van der Waals surface area contributed by atoms with Crippen molar-refractivity contribution in [2.75, 3.05) is 13.2 Å². The smallest absolute Gasteiger partial charge is 0.403 e. The van der Waals surface area contributed by atoms with Crippen LogP contribution in [0.2, 0.25) is 0 Å². The third-order valence-corrected chi connectivity index (χ3v) is 2.37. The van der Waals surface area contributed by atoms with Crippen LogP contribution in [0.4, 0.5) is 17.6 Å². The molecular weight excluding hydrogens is 244 g/mol. The summed E-state index contributed by atoms with van der Waals surface area (Å²) in [6, 6.07) is 3.21. The van der Waals surface area contributed by atoms with E-state index in [1.165, 1.54) is 12.1 Å². The van der Waals surface area contributed by atoms with Crippen molar-refractivity contribution in [2.24, 2.45) is 0 Å². The first-order valence-corrected chi connectivity index (χ1v) is 4.67. The molecule has 0 atom stereocenters. The normalized spacial score (nSPS) is 18.6. The van der Waals surface area contributed by atoms with Gasteiger partial charge in [0.2, 0.25) is 0 Å². The third kappa shape index (κ3) is 2.34. The van der Waals surface area contributed by atoms with E-state index in [-0.39, 0.29) is 18.8 Å². The molecule has 1 aliphatic rings. The van der Waals surface area contributed by atoms with Crippen LogP contribution in [0.3, 0.4) is 0 Å². The van der Waals surface area contributed by atoms with Gasteiger partial charge in [0.1, 0.15) is 5.60 Å². The predicted octanol–water partition coefficient (Wildman–Crippen LogP) is 1.94. The second-order valence-electron chi connectivity index (χ2n) is 3.69. The van der Waals surface area contributed by atoms with Crippen LogP contribution in [-0.2, 0) is 10.3 Å². The fraction of sp³-hybridized carbons (Fsp3) is 0.400. The van der Waals surface area contributed by atoms with Gasteiger partial charge in [0.15, 0.2) is 11.6 Å². The molecule has 1 N–H and O–H groups in total. The van der Waals surface area contributed by atoms with Crippen molar-refractivity contribution in [2.45, 2.75) is 12.0 Å². The zero-order chi connectivity index (χ0) is 12.7. The number of halogens is 4. The van der Waals surface area contributed by atoms with E-state index in [1.807, 2.05) is 0 Å². The van der Waals surface area contributed by atoms with Crippen molar-refractivity contribution in [1.82, 2.24) is 0 Å². The van der Waals surface area contributed by atoms with Crippen molar-refractivity contribution in [3.63, 3.8) is 0 Å². The lowest BCUT2D eigenvalue weighted by atomic mass is 9.91. The van der Waals surface area contributed by atoms with Crippen molar-refractivity contribution in [3.8, 4) is 5.75 Å². The number of hydrogen-bond acceptors (Lipinski definition) is 3. The van der Waals surface area contributed by atoms with E-state index in [4.69, 9.17) is 4.74 Å². The summed E-state index contributed by atoms with van der Waals surface area (Å²) in [6.07, 6.45) is -4.97. The van der Waals surface area contributed by atoms with Gasteiger partial charge in [0.25, 0.3) is 0 Å². The number of alkyl halides is 3. The minimum atomic E-state index is -4.97. The molecule has 0 saturated carbocycles. The number of ether oxygens (including phenoxy) is 2. The van der Waals surface area contributed by atoms with Crippen molar-refractivity contribution in [1.29, 1.82) is 0 Å². The van der Waals surface area contributed by atoms with Crippen LogP contribution in [-0.4, -0.2) is 24.7 Å². The average molecular weight is 252 g/mol. The monoisotopic (exact) mass is 252 g/mol. The number of hydrogen-bond donors (Lipinski definition) is 1. The molecule has 0 aromatic heterocycles. The molecule has 0 unspecified atom stereocenters. The van der Waals surface area contributed by atoms with Crippen LogP contribution in [0.25, 0.3) is 0 Å². The molecule has 2 rings (SSSR count). The van der Waals surface area contributed by atoms with E-state index in [0.29, 0.717) is 0 Å². The van der Waals surface area contributed by atoms with Gasteiger partial charge in [-0.3, -0.25) is 0 Å². The fourth-order valence-electron chi connectivity index (χ4n) is 1.52. The first-order chi connectivity index (χ1) is 7.82. The molecule has 0 aliphatic carbocycles. The lowest BCUT2D eigenvalue weighted by Crippen LogP contribution is -2.47. The van der Waals surface area contributed by atoms with Crippen LogP contribution in [0.1, 0.15) is 5.56 Å². The largest absolute Gasteiger partial charge is 0.573 e. The molecule has 1 saturated heterocycles. The number of rotatable bonds is 2. The Hall–Kier alpha value is -1.34. The molecule has 94 valence electrons. The summed E-state index contributed by atoms with van der Waals surface area (Å²) in [5.74, 6) is -2.19. The zero-order valence-corrected chi connectivity index (χ0v) is 8.42. The third-order valence-electron chi connectivity index (χ3n) is 2.37. The Kier molecular flexibility index (Phi) is 2.75. The summed E-state index contributed by atoms with van der Waals surface area (Å²) in [6.45, 7) is -0.307. The Morgan fingerprint density at radius 3 is 2.41 bits per heavy atom. The van der Waals surface area contributed by atoms with Gasteiger partial charge in [-0.1, -0.05) is 12.1 Å². The maximum atomic E-state index is 13.7. The first kappa shape index (κ1) is 12.1. The van der Waals surface area contributed by atoms with E-state index in [2.05, 4.69) is 4.74 Å². The standard InChI is InChI=1S/C10H8F4O3/c11-8-6(9(15)4-16-5-9)2-1-3-7(8)17-10(12,13)14/h1-3,15H,4-5H2. The minimum Gasteiger partial charge on any atom is -0.403 e. The van der Waals surface area contributed by atoms with Crippen LogP contribution in [0.5, 0.6) is 5.75 Å². The number of aliphatic hydroxyl groups is 1. The highest BCUT2D eigenvalue weighted by Gasteiger charge is 2.42. The van der Waals surface area contributed by atoms with E-state index < -0.39 is 23.5 Å². The van der Waals surface area contributed by atoms with Gasteiger partial charge in [-0.2, -0.15) is 0 Å². The van der Waals surface area contributed by atoms with Crippen LogP contribution in [0, 0.1) is 5.82 Å².